The first-order chi connectivity index (χ1) is 14.5. The average Bonchev–Trinajstić information content (AvgIpc) is 3.33. The summed E-state index contributed by atoms with van der Waals surface area (Å²) in [4.78, 5) is 8.98. The van der Waals surface area contributed by atoms with Gasteiger partial charge in [-0.25, -0.2) is 9.97 Å². The first-order valence-electron chi connectivity index (χ1n) is 9.22. The lowest BCUT2D eigenvalue weighted by Crippen LogP contribution is -1.86. The number of aromatic nitrogens is 2. The van der Waals surface area contributed by atoms with E-state index in [-0.39, 0.29) is 11.5 Å². The molecule has 0 amide bonds. The number of nitrogens with zero attached hydrogens (tertiary/aromatic N) is 2. The van der Waals surface area contributed by atoms with Gasteiger partial charge in [0.05, 0.1) is 46.2 Å². The topological polar surface area (TPSA) is 84.7 Å². The van der Waals surface area contributed by atoms with E-state index in [0.29, 0.717) is 22.9 Å². The van der Waals surface area contributed by atoms with Crippen LogP contribution in [0.4, 0.5) is 0 Å². The van der Waals surface area contributed by atoms with Crippen molar-refractivity contribution in [1.82, 2.24) is 9.97 Å². The minimum atomic E-state index is 0.162. The van der Waals surface area contributed by atoms with E-state index in [1.807, 2.05) is 36.4 Å². The fourth-order valence-electron chi connectivity index (χ4n) is 2.91. The summed E-state index contributed by atoms with van der Waals surface area (Å²) in [6.07, 6.45) is 3.88. The minimum absolute atomic E-state index is 0.162. The highest BCUT2D eigenvalue weighted by atomic mass is 32.1. The van der Waals surface area contributed by atoms with Gasteiger partial charge in [0.15, 0.2) is 0 Å². The van der Waals surface area contributed by atoms with Crippen LogP contribution < -0.4 is 9.47 Å². The van der Waals surface area contributed by atoms with E-state index in [4.69, 9.17) is 9.47 Å². The Morgan fingerprint density at radius 1 is 0.800 bits per heavy atom. The maximum Gasteiger partial charge on any atom is 0.120 e. The number of hydrogen-bond acceptors (Lipinski definition) is 8. The van der Waals surface area contributed by atoms with E-state index in [2.05, 4.69) is 9.97 Å². The molecular formula is C22H20N2O4S2. The fourth-order valence-corrected chi connectivity index (χ4v) is 4.82. The monoisotopic (exact) mass is 440 g/mol. The molecule has 0 saturated heterocycles. The molecule has 0 fully saturated rings. The van der Waals surface area contributed by atoms with Gasteiger partial charge >= 0.3 is 0 Å². The van der Waals surface area contributed by atoms with Gasteiger partial charge in [-0.2, -0.15) is 0 Å². The first kappa shape index (κ1) is 20.2. The zero-order chi connectivity index (χ0) is 21.1. The van der Waals surface area contributed by atoms with Gasteiger partial charge in [-0.05, 0) is 36.4 Å². The van der Waals surface area contributed by atoms with Crippen molar-refractivity contribution in [2.24, 2.45) is 0 Å². The zero-order valence-electron chi connectivity index (χ0n) is 16.5. The van der Waals surface area contributed by atoms with Crippen LogP contribution in [0, 0.1) is 0 Å². The van der Waals surface area contributed by atoms with Gasteiger partial charge in [0.2, 0.25) is 0 Å². The molecule has 4 rings (SSSR count). The SMILES string of the molecule is COc1ccc2nc(C=C(O)CCC(O)=Cc3nc4ccc(OC)cc4s3)sc2c1. The number of rotatable bonds is 7. The van der Waals surface area contributed by atoms with Crippen LogP contribution in [0.3, 0.4) is 0 Å². The largest absolute Gasteiger partial charge is 0.512 e. The molecule has 2 aromatic carbocycles. The molecule has 6 nitrogen and oxygen atoms in total. The van der Waals surface area contributed by atoms with Gasteiger partial charge in [0, 0.05) is 25.0 Å². The molecule has 0 saturated carbocycles. The van der Waals surface area contributed by atoms with Crippen LogP contribution in [0.15, 0.2) is 47.9 Å². The second kappa shape index (κ2) is 8.73. The molecule has 2 aromatic heterocycles. The highest BCUT2D eigenvalue weighted by Gasteiger charge is 2.07. The second-order valence-corrected chi connectivity index (χ2v) is 8.67. The zero-order valence-corrected chi connectivity index (χ0v) is 18.1. The van der Waals surface area contributed by atoms with Gasteiger partial charge < -0.3 is 19.7 Å². The maximum atomic E-state index is 10.3. The van der Waals surface area contributed by atoms with Crippen LogP contribution in [-0.4, -0.2) is 34.4 Å². The molecule has 0 radical (unpaired) electrons. The molecule has 0 bridgehead atoms. The molecule has 0 spiro atoms. The number of methoxy groups -OCH3 is 2. The van der Waals surface area contributed by atoms with Gasteiger partial charge in [-0.3, -0.25) is 0 Å². The van der Waals surface area contributed by atoms with Gasteiger partial charge in [-0.1, -0.05) is 0 Å². The van der Waals surface area contributed by atoms with Crippen LogP contribution in [0.5, 0.6) is 11.5 Å². The molecule has 154 valence electrons. The Labute approximate surface area is 181 Å². The van der Waals surface area contributed by atoms with Crippen molar-refractivity contribution in [2.45, 2.75) is 12.8 Å². The summed E-state index contributed by atoms with van der Waals surface area (Å²) in [5.74, 6) is 1.87. The summed E-state index contributed by atoms with van der Waals surface area (Å²) in [6.45, 7) is 0. The van der Waals surface area contributed by atoms with Crippen molar-refractivity contribution in [2.75, 3.05) is 14.2 Å². The van der Waals surface area contributed by atoms with E-state index >= 15 is 0 Å². The predicted octanol–water partition coefficient (Wildman–Crippen LogP) is 6.20. The van der Waals surface area contributed by atoms with E-state index in [1.165, 1.54) is 22.7 Å². The molecule has 0 aliphatic rings. The smallest absolute Gasteiger partial charge is 0.120 e. The fraction of sp³-hybridized carbons (Fsp3) is 0.182. The molecule has 0 unspecified atom stereocenters. The second-order valence-electron chi connectivity index (χ2n) is 6.54. The Hall–Kier alpha value is -3.10. The van der Waals surface area contributed by atoms with Gasteiger partial charge in [0.25, 0.3) is 0 Å². The van der Waals surface area contributed by atoms with Crippen LogP contribution >= 0.6 is 22.7 Å². The summed E-state index contributed by atoms with van der Waals surface area (Å²) < 4.78 is 12.4. The lowest BCUT2D eigenvalue weighted by molar-refractivity contribution is 0.357. The van der Waals surface area contributed by atoms with Crippen molar-refractivity contribution >= 4 is 55.3 Å². The van der Waals surface area contributed by atoms with Crippen molar-refractivity contribution in [3.05, 3.63) is 57.9 Å². The van der Waals surface area contributed by atoms with Crippen molar-refractivity contribution in [3.8, 4) is 11.5 Å². The summed E-state index contributed by atoms with van der Waals surface area (Å²) in [6, 6.07) is 11.3. The Balaban J connectivity index is 1.43. The minimum Gasteiger partial charge on any atom is -0.512 e. The van der Waals surface area contributed by atoms with E-state index < -0.39 is 0 Å². The lowest BCUT2D eigenvalue weighted by Gasteiger charge is -1.99. The van der Waals surface area contributed by atoms with Crippen molar-refractivity contribution in [1.29, 1.82) is 0 Å². The Bertz CT molecular complexity index is 1160. The quantitative estimate of drug-likeness (QED) is 0.333. The highest BCUT2D eigenvalue weighted by Crippen LogP contribution is 2.29. The van der Waals surface area contributed by atoms with E-state index in [1.54, 1.807) is 26.4 Å². The number of fused-ring (bicyclic) bond motifs is 2. The number of thiazole rings is 2. The molecule has 2 N–H and O–H groups in total. The molecule has 2 heterocycles. The number of aliphatic hydroxyl groups excluding tert-OH is 2. The maximum absolute atomic E-state index is 10.3. The summed E-state index contributed by atoms with van der Waals surface area (Å²) in [7, 11) is 3.25. The third-order valence-corrected chi connectivity index (χ3v) is 6.37. The Morgan fingerprint density at radius 2 is 1.23 bits per heavy atom. The van der Waals surface area contributed by atoms with Crippen LogP contribution in [-0.2, 0) is 0 Å². The number of hydrogen-bond donors (Lipinski definition) is 2. The number of aliphatic hydroxyl groups is 2. The molecular weight excluding hydrogens is 420 g/mol. The van der Waals surface area contributed by atoms with Crippen molar-refractivity contribution < 1.29 is 19.7 Å². The number of allylic oxidation sites excluding steroid dienone is 2. The summed E-state index contributed by atoms with van der Waals surface area (Å²) in [5.41, 5.74) is 1.71. The normalized spacial score (nSPS) is 12.6. The van der Waals surface area contributed by atoms with Crippen LogP contribution in [0.1, 0.15) is 22.9 Å². The molecule has 0 aliphatic heterocycles. The Morgan fingerprint density at radius 3 is 1.63 bits per heavy atom. The third kappa shape index (κ3) is 4.55. The molecule has 4 aromatic rings. The highest BCUT2D eigenvalue weighted by molar-refractivity contribution is 7.19. The Kier molecular flexibility index (Phi) is 5.87. The average molecular weight is 441 g/mol. The van der Waals surface area contributed by atoms with Crippen LogP contribution in [0.2, 0.25) is 0 Å². The summed E-state index contributed by atoms with van der Waals surface area (Å²) >= 11 is 2.95. The molecule has 8 heteroatoms. The standard InChI is InChI=1S/C22H20N2O4S2/c1-27-15-5-7-17-19(11-15)29-21(23-17)9-13(25)3-4-14(26)10-22-24-18-8-6-16(28-2)12-20(18)30-22/h5-12,25-26H,3-4H2,1-2H3. The van der Waals surface area contributed by atoms with Gasteiger partial charge in [0.1, 0.15) is 21.5 Å². The van der Waals surface area contributed by atoms with Gasteiger partial charge in [-0.15, -0.1) is 22.7 Å². The molecule has 30 heavy (non-hydrogen) atoms. The predicted molar refractivity (Wildman–Crippen MR) is 123 cm³/mol. The molecule has 0 aliphatic carbocycles. The molecule has 0 atom stereocenters. The lowest BCUT2D eigenvalue weighted by atomic mass is 10.2. The summed E-state index contributed by atoms with van der Waals surface area (Å²) in [5, 5.41) is 21.9. The van der Waals surface area contributed by atoms with E-state index in [0.717, 1.165) is 31.9 Å². The number of benzene rings is 2. The van der Waals surface area contributed by atoms with Crippen molar-refractivity contribution in [3.63, 3.8) is 0 Å². The number of ether oxygens (including phenoxy) is 2. The van der Waals surface area contributed by atoms with E-state index in [9.17, 15) is 10.2 Å². The third-order valence-electron chi connectivity index (χ3n) is 4.44. The first-order valence-corrected chi connectivity index (χ1v) is 10.9. The van der Waals surface area contributed by atoms with Crippen LogP contribution in [0.25, 0.3) is 32.6 Å².